The molecule has 20 heavy (non-hydrogen) atoms. The number of hydrogen-bond donors (Lipinski definition) is 2. The highest BCUT2D eigenvalue weighted by atomic mass is 19.4. The maximum absolute atomic E-state index is 13.2. The summed E-state index contributed by atoms with van der Waals surface area (Å²) in [4.78, 5) is 0. The molecular weight excluding hydrogens is 272 g/mol. The van der Waals surface area contributed by atoms with E-state index in [9.17, 15) is 17.6 Å². The Bertz CT molecular complexity index is 615. The van der Waals surface area contributed by atoms with Gasteiger partial charge in [-0.3, -0.25) is 0 Å². The van der Waals surface area contributed by atoms with Crippen LogP contribution in [0.2, 0.25) is 0 Å². The molecule has 2 aromatic rings. The lowest BCUT2D eigenvalue weighted by molar-refractivity contribution is -0.136. The smallest absolute Gasteiger partial charge is 0.398 e. The van der Waals surface area contributed by atoms with Crippen LogP contribution < -0.4 is 11.1 Å². The van der Waals surface area contributed by atoms with Crippen molar-refractivity contribution in [1.82, 2.24) is 0 Å². The lowest BCUT2D eigenvalue weighted by atomic mass is 10.1. The number of aryl methyl sites for hydroxylation is 1. The average Bonchev–Trinajstić information content (AvgIpc) is 2.29. The van der Waals surface area contributed by atoms with Gasteiger partial charge in [0.25, 0.3) is 0 Å². The molecule has 2 aromatic carbocycles. The fraction of sp³-hybridized carbons (Fsp3) is 0.143. The molecule has 0 spiro atoms. The molecular formula is C14H12F4N2. The fourth-order valence-electron chi connectivity index (χ4n) is 1.85. The van der Waals surface area contributed by atoms with Crippen LogP contribution in [0, 0.1) is 12.7 Å². The minimum atomic E-state index is -4.53. The summed E-state index contributed by atoms with van der Waals surface area (Å²) in [6.45, 7) is 1.69. The number of alkyl halides is 3. The second-order valence-electron chi connectivity index (χ2n) is 4.44. The van der Waals surface area contributed by atoms with E-state index in [1.807, 2.05) is 0 Å². The molecule has 0 aliphatic carbocycles. The third-order valence-electron chi connectivity index (χ3n) is 2.69. The molecule has 6 heteroatoms. The van der Waals surface area contributed by atoms with Crippen LogP contribution in [0.4, 0.5) is 34.6 Å². The van der Waals surface area contributed by atoms with Gasteiger partial charge in [-0.15, -0.1) is 0 Å². The molecule has 0 bridgehead atoms. The van der Waals surface area contributed by atoms with E-state index in [1.54, 1.807) is 13.0 Å². The lowest BCUT2D eigenvalue weighted by Gasteiger charge is -2.13. The van der Waals surface area contributed by atoms with E-state index in [0.29, 0.717) is 11.3 Å². The zero-order chi connectivity index (χ0) is 14.9. The first-order valence-electron chi connectivity index (χ1n) is 5.76. The molecule has 0 fully saturated rings. The van der Waals surface area contributed by atoms with Gasteiger partial charge < -0.3 is 11.1 Å². The second-order valence-corrected chi connectivity index (χ2v) is 4.44. The Morgan fingerprint density at radius 2 is 1.70 bits per heavy atom. The molecule has 0 aromatic heterocycles. The highest BCUT2D eigenvalue weighted by molar-refractivity contribution is 5.65. The minimum Gasteiger partial charge on any atom is -0.398 e. The van der Waals surface area contributed by atoms with Crippen LogP contribution in [0.15, 0.2) is 36.4 Å². The average molecular weight is 284 g/mol. The normalized spacial score (nSPS) is 11.4. The van der Waals surface area contributed by atoms with Gasteiger partial charge in [0, 0.05) is 17.1 Å². The Labute approximate surface area is 113 Å². The van der Waals surface area contributed by atoms with Crippen LogP contribution in [0.5, 0.6) is 0 Å². The van der Waals surface area contributed by atoms with Crippen molar-refractivity contribution in [2.45, 2.75) is 13.1 Å². The fourth-order valence-corrected chi connectivity index (χ4v) is 1.85. The molecule has 0 aliphatic heterocycles. The lowest BCUT2D eigenvalue weighted by Crippen LogP contribution is -2.09. The molecule has 0 amide bonds. The summed E-state index contributed by atoms with van der Waals surface area (Å²) < 4.78 is 51.4. The minimum absolute atomic E-state index is 0.191. The van der Waals surface area contributed by atoms with Crippen LogP contribution in [-0.4, -0.2) is 0 Å². The summed E-state index contributed by atoms with van der Waals surface area (Å²) >= 11 is 0. The summed E-state index contributed by atoms with van der Waals surface area (Å²) in [5.41, 5.74) is 5.27. The van der Waals surface area contributed by atoms with Gasteiger partial charge in [0.05, 0.1) is 5.56 Å². The van der Waals surface area contributed by atoms with E-state index in [1.165, 1.54) is 18.2 Å². The molecule has 0 saturated heterocycles. The monoisotopic (exact) mass is 284 g/mol. The molecule has 106 valence electrons. The molecule has 0 atom stereocenters. The Morgan fingerprint density at radius 1 is 1.00 bits per heavy atom. The van der Waals surface area contributed by atoms with E-state index in [2.05, 4.69) is 5.32 Å². The Kier molecular flexibility index (Phi) is 3.57. The van der Waals surface area contributed by atoms with Crippen LogP contribution >= 0.6 is 0 Å². The SMILES string of the molecule is Cc1cc(F)cc(Nc2ccc(N)c(C(F)(F)F)c2)c1. The number of benzene rings is 2. The van der Waals surface area contributed by atoms with Gasteiger partial charge in [-0.25, -0.2) is 4.39 Å². The van der Waals surface area contributed by atoms with Crippen LogP contribution in [-0.2, 0) is 6.18 Å². The van der Waals surface area contributed by atoms with Crippen molar-refractivity contribution in [2.75, 3.05) is 11.1 Å². The standard InChI is InChI=1S/C14H12F4N2/c1-8-4-9(15)6-11(5-8)20-10-2-3-13(19)12(7-10)14(16,17)18/h2-7,20H,19H2,1H3. The molecule has 0 aliphatic rings. The zero-order valence-corrected chi connectivity index (χ0v) is 10.6. The zero-order valence-electron chi connectivity index (χ0n) is 10.6. The van der Waals surface area contributed by atoms with E-state index in [4.69, 9.17) is 5.73 Å². The number of nitrogen functional groups attached to an aromatic ring is 1. The van der Waals surface area contributed by atoms with Gasteiger partial charge in [0.2, 0.25) is 0 Å². The number of hydrogen-bond acceptors (Lipinski definition) is 2. The van der Waals surface area contributed by atoms with Gasteiger partial charge in [-0.1, -0.05) is 0 Å². The van der Waals surface area contributed by atoms with E-state index < -0.39 is 17.6 Å². The number of nitrogens with one attached hydrogen (secondary N) is 1. The van der Waals surface area contributed by atoms with Crippen molar-refractivity contribution in [1.29, 1.82) is 0 Å². The summed E-state index contributed by atoms with van der Waals surface area (Å²) in [6, 6.07) is 7.64. The molecule has 3 N–H and O–H groups in total. The van der Waals surface area contributed by atoms with Crippen LogP contribution in [0.1, 0.15) is 11.1 Å². The quantitative estimate of drug-likeness (QED) is 0.630. The first-order chi connectivity index (χ1) is 9.25. The van der Waals surface area contributed by atoms with Gasteiger partial charge >= 0.3 is 6.18 Å². The largest absolute Gasteiger partial charge is 0.418 e. The van der Waals surface area contributed by atoms with Gasteiger partial charge in [-0.2, -0.15) is 13.2 Å². The Morgan fingerprint density at radius 3 is 2.30 bits per heavy atom. The maximum Gasteiger partial charge on any atom is 0.418 e. The second kappa shape index (κ2) is 5.03. The summed E-state index contributed by atoms with van der Waals surface area (Å²) in [7, 11) is 0. The summed E-state index contributed by atoms with van der Waals surface area (Å²) in [6.07, 6.45) is -4.53. The molecule has 0 heterocycles. The molecule has 2 nitrogen and oxygen atoms in total. The predicted molar refractivity (Wildman–Crippen MR) is 70.3 cm³/mol. The number of nitrogens with two attached hydrogens (primary N) is 1. The highest BCUT2D eigenvalue weighted by Gasteiger charge is 2.33. The number of anilines is 3. The molecule has 2 rings (SSSR count). The van der Waals surface area contributed by atoms with Gasteiger partial charge in [0.1, 0.15) is 5.82 Å². The predicted octanol–water partition coefficient (Wildman–Crippen LogP) is 4.48. The molecule has 0 radical (unpaired) electrons. The van der Waals surface area contributed by atoms with E-state index in [0.717, 1.165) is 12.1 Å². The van der Waals surface area contributed by atoms with Crippen molar-refractivity contribution < 1.29 is 17.6 Å². The number of halogens is 4. The molecule has 0 saturated carbocycles. The first-order valence-corrected chi connectivity index (χ1v) is 5.76. The van der Waals surface area contributed by atoms with E-state index >= 15 is 0 Å². The Balaban J connectivity index is 2.35. The van der Waals surface area contributed by atoms with Crippen molar-refractivity contribution in [3.8, 4) is 0 Å². The van der Waals surface area contributed by atoms with Gasteiger partial charge in [0.15, 0.2) is 0 Å². The third-order valence-corrected chi connectivity index (χ3v) is 2.69. The number of rotatable bonds is 2. The Hall–Kier alpha value is -2.24. The molecule has 0 unspecified atom stereocenters. The topological polar surface area (TPSA) is 38.0 Å². The van der Waals surface area contributed by atoms with Crippen LogP contribution in [0.3, 0.4) is 0 Å². The van der Waals surface area contributed by atoms with Gasteiger partial charge in [-0.05, 0) is 48.9 Å². The first kappa shape index (κ1) is 14.2. The third kappa shape index (κ3) is 3.20. The van der Waals surface area contributed by atoms with Crippen molar-refractivity contribution >= 4 is 17.1 Å². The summed E-state index contributed by atoms with van der Waals surface area (Å²) in [5, 5.41) is 2.73. The highest BCUT2D eigenvalue weighted by Crippen LogP contribution is 2.35. The van der Waals surface area contributed by atoms with Crippen molar-refractivity contribution in [2.24, 2.45) is 0 Å². The van der Waals surface area contributed by atoms with Crippen molar-refractivity contribution in [3.63, 3.8) is 0 Å². The van der Waals surface area contributed by atoms with E-state index in [-0.39, 0.29) is 11.4 Å². The van der Waals surface area contributed by atoms with Crippen molar-refractivity contribution in [3.05, 3.63) is 53.3 Å². The summed E-state index contributed by atoms with van der Waals surface area (Å²) in [5.74, 6) is -0.459. The van der Waals surface area contributed by atoms with Crippen LogP contribution in [0.25, 0.3) is 0 Å². The maximum atomic E-state index is 13.2.